The molecule has 1 aromatic heterocycles. The number of aliphatic hydroxyl groups is 1. The molecule has 0 radical (unpaired) electrons. The summed E-state index contributed by atoms with van der Waals surface area (Å²) in [7, 11) is 0. The third-order valence-corrected chi connectivity index (χ3v) is 6.45. The molecule has 6 nitrogen and oxygen atoms in total. The molecule has 3 rings (SSSR count). The van der Waals surface area contributed by atoms with Crippen LogP contribution in [-0.4, -0.2) is 78.8 Å². The fourth-order valence-corrected chi connectivity index (χ4v) is 4.68. The Hall–Kier alpha value is -0.420. The van der Waals surface area contributed by atoms with Crippen molar-refractivity contribution in [2.24, 2.45) is 4.99 Å². The SMILES string of the molecule is CCNC(=NCCCN1CCC(O)CC1)NC1CCN(Cc2ccsc2)CC1.I. The fraction of sp³-hybridized carbons (Fsp3) is 0.762. The molecule has 0 spiro atoms. The number of rotatable bonds is 8. The quantitative estimate of drug-likeness (QED) is 0.207. The molecule has 2 aliphatic heterocycles. The van der Waals surface area contributed by atoms with E-state index in [4.69, 9.17) is 4.99 Å². The maximum atomic E-state index is 9.60. The molecule has 8 heteroatoms. The van der Waals surface area contributed by atoms with Gasteiger partial charge in [0.05, 0.1) is 6.10 Å². The Kier molecular flexibility index (Phi) is 11.8. The third-order valence-electron chi connectivity index (χ3n) is 5.72. The number of piperidine rings is 2. The Labute approximate surface area is 197 Å². The molecule has 2 saturated heterocycles. The number of hydrogen-bond acceptors (Lipinski definition) is 5. The molecule has 3 N–H and O–H groups in total. The highest BCUT2D eigenvalue weighted by Gasteiger charge is 2.20. The minimum atomic E-state index is -0.0875. The minimum absolute atomic E-state index is 0. The Bertz CT molecular complexity index is 570. The highest BCUT2D eigenvalue weighted by molar-refractivity contribution is 14.0. The monoisotopic (exact) mass is 535 g/mol. The minimum Gasteiger partial charge on any atom is -0.393 e. The lowest BCUT2D eigenvalue weighted by Gasteiger charge is -2.33. The molecule has 0 atom stereocenters. The van der Waals surface area contributed by atoms with Gasteiger partial charge >= 0.3 is 0 Å². The average Bonchev–Trinajstić information content (AvgIpc) is 3.21. The van der Waals surface area contributed by atoms with Crippen LogP contribution in [0.2, 0.25) is 0 Å². The third kappa shape index (κ3) is 9.08. The molecular weight excluding hydrogens is 497 g/mol. The summed E-state index contributed by atoms with van der Waals surface area (Å²) >= 11 is 1.78. The van der Waals surface area contributed by atoms with Crippen molar-refractivity contribution in [2.45, 2.75) is 57.7 Å². The van der Waals surface area contributed by atoms with Crippen molar-refractivity contribution >= 4 is 41.3 Å². The van der Waals surface area contributed by atoms with E-state index in [-0.39, 0.29) is 30.1 Å². The van der Waals surface area contributed by atoms with Crippen LogP contribution in [0.1, 0.15) is 44.6 Å². The van der Waals surface area contributed by atoms with Gasteiger partial charge in [-0.3, -0.25) is 9.89 Å². The normalized spacial score (nSPS) is 20.4. The number of nitrogens with one attached hydrogen (secondary N) is 2. The van der Waals surface area contributed by atoms with Crippen LogP contribution in [0.3, 0.4) is 0 Å². The first-order valence-electron chi connectivity index (χ1n) is 10.9. The van der Waals surface area contributed by atoms with Crippen LogP contribution in [0.25, 0.3) is 0 Å². The lowest BCUT2D eigenvalue weighted by molar-refractivity contribution is 0.0824. The number of aliphatic imine (C=N–C) groups is 1. The van der Waals surface area contributed by atoms with Gasteiger partial charge in [0.1, 0.15) is 0 Å². The molecule has 2 aliphatic rings. The van der Waals surface area contributed by atoms with E-state index in [1.807, 2.05) is 0 Å². The summed E-state index contributed by atoms with van der Waals surface area (Å²) in [5.74, 6) is 0.966. The Morgan fingerprint density at radius 1 is 1.17 bits per heavy atom. The summed E-state index contributed by atoms with van der Waals surface area (Å²) in [4.78, 5) is 9.80. The van der Waals surface area contributed by atoms with Crippen LogP contribution in [0, 0.1) is 0 Å². The predicted octanol–water partition coefficient (Wildman–Crippen LogP) is 2.73. The Morgan fingerprint density at radius 2 is 1.90 bits per heavy atom. The van der Waals surface area contributed by atoms with Crippen molar-refractivity contribution in [1.82, 2.24) is 20.4 Å². The van der Waals surface area contributed by atoms with Crippen molar-refractivity contribution in [3.05, 3.63) is 22.4 Å². The molecule has 29 heavy (non-hydrogen) atoms. The molecule has 0 bridgehead atoms. The van der Waals surface area contributed by atoms with Gasteiger partial charge in [-0.1, -0.05) is 0 Å². The largest absolute Gasteiger partial charge is 0.393 e. The van der Waals surface area contributed by atoms with Crippen molar-refractivity contribution in [3.8, 4) is 0 Å². The van der Waals surface area contributed by atoms with E-state index in [2.05, 4.69) is 44.2 Å². The van der Waals surface area contributed by atoms with Crippen LogP contribution in [0.4, 0.5) is 0 Å². The van der Waals surface area contributed by atoms with E-state index < -0.39 is 0 Å². The molecule has 166 valence electrons. The van der Waals surface area contributed by atoms with Gasteiger partial charge in [-0.25, -0.2) is 0 Å². The zero-order chi connectivity index (χ0) is 19.6. The van der Waals surface area contributed by atoms with Crippen LogP contribution >= 0.6 is 35.3 Å². The van der Waals surface area contributed by atoms with E-state index in [9.17, 15) is 5.11 Å². The number of likely N-dealkylation sites (tertiary alicyclic amines) is 2. The van der Waals surface area contributed by atoms with E-state index in [0.717, 1.165) is 77.6 Å². The van der Waals surface area contributed by atoms with E-state index in [0.29, 0.717) is 6.04 Å². The molecular formula is C21H38IN5OS. The maximum absolute atomic E-state index is 9.60. The second kappa shape index (κ2) is 13.8. The van der Waals surface area contributed by atoms with Crippen molar-refractivity contribution in [2.75, 3.05) is 45.8 Å². The molecule has 1 aromatic rings. The first kappa shape index (κ1) is 24.8. The average molecular weight is 536 g/mol. The summed E-state index contributed by atoms with van der Waals surface area (Å²) in [6, 6.07) is 2.75. The maximum Gasteiger partial charge on any atom is 0.191 e. The molecule has 0 aliphatic carbocycles. The van der Waals surface area contributed by atoms with Gasteiger partial charge in [0.25, 0.3) is 0 Å². The van der Waals surface area contributed by atoms with E-state index >= 15 is 0 Å². The topological polar surface area (TPSA) is 63.1 Å². The number of halogens is 1. The Morgan fingerprint density at radius 3 is 2.55 bits per heavy atom. The van der Waals surface area contributed by atoms with Crippen LogP contribution in [0.15, 0.2) is 21.8 Å². The van der Waals surface area contributed by atoms with Crippen molar-refractivity contribution in [3.63, 3.8) is 0 Å². The summed E-state index contributed by atoms with van der Waals surface area (Å²) in [5, 5.41) is 21.1. The summed E-state index contributed by atoms with van der Waals surface area (Å²) in [5.41, 5.74) is 1.44. The molecule has 3 heterocycles. The second-order valence-corrected chi connectivity index (χ2v) is 8.79. The van der Waals surface area contributed by atoms with Crippen LogP contribution < -0.4 is 10.6 Å². The molecule has 0 amide bonds. The predicted molar refractivity (Wildman–Crippen MR) is 133 cm³/mol. The lowest BCUT2D eigenvalue weighted by atomic mass is 10.0. The number of hydrogen-bond donors (Lipinski definition) is 3. The number of guanidine groups is 1. The Balaban J connectivity index is 0.00000300. The highest BCUT2D eigenvalue weighted by Crippen LogP contribution is 2.15. The van der Waals surface area contributed by atoms with Crippen molar-refractivity contribution < 1.29 is 5.11 Å². The van der Waals surface area contributed by atoms with Gasteiger partial charge in [-0.15, -0.1) is 24.0 Å². The van der Waals surface area contributed by atoms with Gasteiger partial charge < -0.3 is 20.6 Å². The van der Waals surface area contributed by atoms with Crippen LogP contribution in [0.5, 0.6) is 0 Å². The van der Waals surface area contributed by atoms with Gasteiger partial charge in [0, 0.05) is 51.9 Å². The first-order chi connectivity index (χ1) is 13.7. The molecule has 0 unspecified atom stereocenters. The van der Waals surface area contributed by atoms with Crippen LogP contribution in [-0.2, 0) is 6.54 Å². The van der Waals surface area contributed by atoms with Gasteiger partial charge in [0.15, 0.2) is 5.96 Å². The van der Waals surface area contributed by atoms with Gasteiger partial charge in [-0.2, -0.15) is 11.3 Å². The first-order valence-corrected chi connectivity index (χ1v) is 11.9. The summed E-state index contributed by atoms with van der Waals surface area (Å²) < 4.78 is 0. The fourth-order valence-electron chi connectivity index (χ4n) is 4.02. The smallest absolute Gasteiger partial charge is 0.191 e. The summed E-state index contributed by atoms with van der Waals surface area (Å²) in [6.45, 7) is 10.4. The van der Waals surface area contributed by atoms with E-state index in [1.54, 1.807) is 11.3 Å². The number of thiophene rings is 1. The van der Waals surface area contributed by atoms with E-state index in [1.165, 1.54) is 18.4 Å². The second-order valence-electron chi connectivity index (χ2n) is 8.01. The standard InChI is InChI=1S/C21H37N5OS.HI/c1-2-22-21(23-9-3-10-25-13-6-20(27)7-14-25)24-19-4-11-26(12-5-19)16-18-8-15-28-17-18;/h8,15,17,19-20,27H,2-7,9-14,16H2,1H3,(H2,22,23,24);1H. The molecule has 0 aromatic carbocycles. The van der Waals surface area contributed by atoms with Gasteiger partial charge in [0.2, 0.25) is 0 Å². The number of aliphatic hydroxyl groups excluding tert-OH is 1. The number of nitrogens with zero attached hydrogens (tertiary/aromatic N) is 3. The zero-order valence-corrected chi connectivity index (χ0v) is 20.8. The molecule has 0 saturated carbocycles. The summed E-state index contributed by atoms with van der Waals surface area (Å²) in [6.07, 6.45) is 5.16. The van der Waals surface area contributed by atoms with Crippen molar-refractivity contribution in [1.29, 1.82) is 0 Å². The molecule has 2 fully saturated rings. The van der Waals surface area contributed by atoms with Gasteiger partial charge in [-0.05, 0) is 68.0 Å². The highest BCUT2D eigenvalue weighted by atomic mass is 127. The lowest BCUT2D eigenvalue weighted by Crippen LogP contribution is -2.48. The zero-order valence-electron chi connectivity index (χ0n) is 17.7.